The van der Waals surface area contributed by atoms with Gasteiger partial charge in [0.1, 0.15) is 11.5 Å². The molecule has 0 saturated heterocycles. The third kappa shape index (κ3) is 5.53. The van der Waals surface area contributed by atoms with Crippen LogP contribution in [-0.4, -0.2) is 37.2 Å². The number of allylic oxidation sites excluding steroid dienone is 3. The topological polar surface area (TPSA) is 42.6 Å². The van der Waals surface area contributed by atoms with Crippen LogP contribution in [0.4, 0.5) is 10.1 Å². The Morgan fingerprint density at radius 2 is 1.88 bits per heavy atom. The van der Waals surface area contributed by atoms with E-state index < -0.39 is 0 Å². The van der Waals surface area contributed by atoms with Crippen LogP contribution < -0.4 is 0 Å². The van der Waals surface area contributed by atoms with Crippen LogP contribution in [0.25, 0.3) is 11.4 Å². The summed E-state index contributed by atoms with van der Waals surface area (Å²) in [6.07, 6.45) is 7.21. The van der Waals surface area contributed by atoms with Crippen molar-refractivity contribution in [1.29, 1.82) is 5.26 Å². The zero-order valence-electron chi connectivity index (χ0n) is 19.8. The van der Waals surface area contributed by atoms with Crippen molar-refractivity contribution >= 4 is 23.3 Å². The molecule has 0 aliphatic carbocycles. The molecule has 166 valence electrons. The number of aryl methyl sites for hydroxylation is 1. The zero-order chi connectivity index (χ0) is 23.8. The molecule has 0 aromatic heterocycles. The number of aliphatic imine (C=N–C) groups is 1. The summed E-state index contributed by atoms with van der Waals surface area (Å²) in [7, 11) is 5.93. The molecule has 0 aliphatic rings. The summed E-state index contributed by atoms with van der Waals surface area (Å²) in [4.78, 5) is 8.24. The first-order valence-electron chi connectivity index (χ1n) is 10.5. The van der Waals surface area contributed by atoms with Gasteiger partial charge in [-0.2, -0.15) is 5.26 Å². The minimum Gasteiger partial charge on any atom is -0.377 e. The van der Waals surface area contributed by atoms with Gasteiger partial charge in [-0.1, -0.05) is 24.8 Å². The lowest BCUT2D eigenvalue weighted by Crippen LogP contribution is -2.19. The number of hydrogen-bond acceptors (Lipinski definition) is 4. The van der Waals surface area contributed by atoms with E-state index in [-0.39, 0.29) is 5.82 Å². The monoisotopic (exact) mass is 430 g/mol. The highest BCUT2D eigenvalue weighted by Gasteiger charge is 2.16. The van der Waals surface area contributed by atoms with Crippen LogP contribution in [0.15, 0.2) is 60.1 Å². The summed E-state index contributed by atoms with van der Waals surface area (Å²) in [5, 5.41) is 9.39. The number of nitrogens with zero attached hydrogens (tertiary/aromatic N) is 4. The van der Waals surface area contributed by atoms with E-state index in [0.29, 0.717) is 17.8 Å². The Balaban J connectivity index is 2.52. The smallest absolute Gasteiger partial charge is 0.149 e. The van der Waals surface area contributed by atoms with Gasteiger partial charge in [0.15, 0.2) is 0 Å². The molecule has 0 radical (unpaired) electrons. The van der Waals surface area contributed by atoms with E-state index in [9.17, 15) is 9.65 Å². The molecule has 0 N–H and O–H groups in total. The minimum atomic E-state index is -0.357. The fourth-order valence-electron chi connectivity index (χ4n) is 3.75. The Morgan fingerprint density at radius 1 is 1.16 bits per heavy atom. The Morgan fingerprint density at radius 3 is 2.41 bits per heavy atom. The maximum atomic E-state index is 14.7. The number of hydrogen-bond donors (Lipinski definition) is 0. The summed E-state index contributed by atoms with van der Waals surface area (Å²) >= 11 is 0. The molecule has 4 nitrogen and oxygen atoms in total. The lowest BCUT2D eigenvalue weighted by atomic mass is 9.99. The second-order valence-electron chi connectivity index (χ2n) is 7.71. The molecular formula is C27H31FN4. The van der Waals surface area contributed by atoms with Gasteiger partial charge in [0, 0.05) is 56.4 Å². The zero-order valence-corrected chi connectivity index (χ0v) is 19.8. The molecule has 2 aromatic carbocycles. The molecule has 0 aliphatic heterocycles. The van der Waals surface area contributed by atoms with Gasteiger partial charge in [0.05, 0.1) is 11.6 Å². The SMILES string of the molecule is C=C/C=C(/c1cc(C)c(N=CC)c(F)c1)N(C)Cc1ccc(C#N)cc1/C(=C/C)N(C)C. The number of halogens is 1. The van der Waals surface area contributed by atoms with E-state index in [1.165, 1.54) is 6.07 Å². The van der Waals surface area contributed by atoms with E-state index in [2.05, 4.69) is 22.5 Å². The standard InChI is InChI=1S/C27H31FN4/c1-8-11-26(22-14-19(4)27(30-10-3)24(28)16-22)32(7)18-21-13-12-20(17-29)15-23(21)25(9-2)31(5)6/h8-16H,1,18H2,2-7H3/b25-9-,26-11-,30-10?. The van der Waals surface area contributed by atoms with Gasteiger partial charge in [-0.3, -0.25) is 4.99 Å². The van der Waals surface area contributed by atoms with Crippen LogP contribution in [-0.2, 0) is 6.54 Å². The van der Waals surface area contributed by atoms with Crippen LogP contribution >= 0.6 is 0 Å². The van der Waals surface area contributed by atoms with Crippen LogP contribution in [0.2, 0.25) is 0 Å². The Labute approximate surface area is 191 Å². The third-order valence-corrected chi connectivity index (χ3v) is 5.17. The highest BCUT2D eigenvalue weighted by atomic mass is 19.1. The number of benzene rings is 2. The first-order chi connectivity index (χ1) is 15.3. The van der Waals surface area contributed by atoms with Crippen molar-refractivity contribution in [1.82, 2.24) is 9.80 Å². The average Bonchev–Trinajstić information content (AvgIpc) is 2.75. The number of rotatable bonds is 8. The van der Waals surface area contributed by atoms with Crippen molar-refractivity contribution in [3.8, 4) is 6.07 Å². The van der Waals surface area contributed by atoms with Crippen molar-refractivity contribution in [2.75, 3.05) is 21.1 Å². The van der Waals surface area contributed by atoms with Crippen LogP contribution in [0.5, 0.6) is 0 Å². The van der Waals surface area contributed by atoms with E-state index in [1.54, 1.807) is 19.2 Å². The van der Waals surface area contributed by atoms with Gasteiger partial charge in [0.25, 0.3) is 0 Å². The van der Waals surface area contributed by atoms with E-state index >= 15 is 0 Å². The van der Waals surface area contributed by atoms with Crippen molar-refractivity contribution in [3.05, 3.63) is 88.8 Å². The highest BCUT2D eigenvalue weighted by Crippen LogP contribution is 2.31. The Kier molecular flexibility index (Phi) is 8.54. The van der Waals surface area contributed by atoms with Crippen LogP contribution in [0.3, 0.4) is 0 Å². The molecular weight excluding hydrogens is 399 g/mol. The molecule has 0 amide bonds. The maximum Gasteiger partial charge on any atom is 0.149 e. The van der Waals surface area contributed by atoms with Crippen molar-refractivity contribution < 1.29 is 4.39 Å². The van der Waals surface area contributed by atoms with Gasteiger partial charge in [-0.25, -0.2) is 4.39 Å². The first-order valence-corrected chi connectivity index (χ1v) is 10.5. The normalized spacial score (nSPS) is 12.1. The summed E-state index contributed by atoms with van der Waals surface area (Å²) < 4.78 is 14.7. The number of nitriles is 1. The van der Waals surface area contributed by atoms with Crippen LogP contribution in [0.1, 0.15) is 41.7 Å². The molecule has 2 rings (SSSR count). The molecule has 0 atom stereocenters. The maximum absolute atomic E-state index is 14.7. The van der Waals surface area contributed by atoms with E-state index in [0.717, 1.165) is 33.6 Å². The molecule has 0 fully saturated rings. The second kappa shape index (κ2) is 11.1. The second-order valence-corrected chi connectivity index (χ2v) is 7.71. The van der Waals surface area contributed by atoms with E-state index in [4.69, 9.17) is 0 Å². The Hall–Kier alpha value is -3.65. The fourth-order valence-corrected chi connectivity index (χ4v) is 3.75. The van der Waals surface area contributed by atoms with Gasteiger partial charge in [-0.15, -0.1) is 0 Å². The molecule has 5 heteroatoms. The molecule has 0 bridgehead atoms. The van der Waals surface area contributed by atoms with Crippen molar-refractivity contribution in [2.45, 2.75) is 27.3 Å². The van der Waals surface area contributed by atoms with Gasteiger partial charge in [0.2, 0.25) is 0 Å². The predicted molar refractivity (Wildman–Crippen MR) is 133 cm³/mol. The Bertz CT molecular complexity index is 1090. The van der Waals surface area contributed by atoms with Crippen LogP contribution in [0, 0.1) is 24.1 Å². The van der Waals surface area contributed by atoms with E-state index in [1.807, 2.05) is 76.3 Å². The lowest BCUT2D eigenvalue weighted by molar-refractivity contribution is 0.472. The lowest BCUT2D eigenvalue weighted by Gasteiger charge is -2.27. The molecule has 0 unspecified atom stereocenters. The summed E-state index contributed by atoms with van der Waals surface area (Å²) in [5.41, 5.74) is 6.42. The summed E-state index contributed by atoms with van der Waals surface area (Å²) in [6.45, 7) is 10.0. The van der Waals surface area contributed by atoms with Gasteiger partial charge < -0.3 is 9.80 Å². The van der Waals surface area contributed by atoms with Gasteiger partial charge in [-0.05, 0) is 62.2 Å². The molecule has 0 saturated carbocycles. The quantitative estimate of drug-likeness (QED) is 0.364. The summed E-state index contributed by atoms with van der Waals surface area (Å²) in [6, 6.07) is 11.4. The largest absolute Gasteiger partial charge is 0.377 e. The van der Waals surface area contributed by atoms with Crippen molar-refractivity contribution in [3.63, 3.8) is 0 Å². The minimum absolute atomic E-state index is 0.356. The molecule has 2 aromatic rings. The predicted octanol–water partition coefficient (Wildman–Crippen LogP) is 6.31. The molecule has 0 heterocycles. The molecule has 0 spiro atoms. The van der Waals surface area contributed by atoms with Gasteiger partial charge >= 0.3 is 0 Å². The summed E-state index contributed by atoms with van der Waals surface area (Å²) in [5.74, 6) is -0.357. The third-order valence-electron chi connectivity index (χ3n) is 5.17. The molecule has 32 heavy (non-hydrogen) atoms. The fraction of sp³-hybridized carbons (Fsp3) is 0.259. The van der Waals surface area contributed by atoms with Crippen molar-refractivity contribution in [2.24, 2.45) is 4.99 Å². The first kappa shape index (κ1) is 24.6. The average molecular weight is 431 g/mol. The highest BCUT2D eigenvalue weighted by molar-refractivity contribution is 5.72.